The van der Waals surface area contributed by atoms with E-state index in [0.29, 0.717) is 12.4 Å². The van der Waals surface area contributed by atoms with E-state index in [-0.39, 0.29) is 11.2 Å². The summed E-state index contributed by atoms with van der Waals surface area (Å²) in [7, 11) is 0. The second kappa shape index (κ2) is 7.53. The maximum absolute atomic E-state index is 9.05. The average Bonchev–Trinajstić information content (AvgIpc) is 2.52. The fourth-order valence-electron chi connectivity index (χ4n) is 2.06. The molecular weight excluding hydrogens is 354 g/mol. The van der Waals surface area contributed by atoms with E-state index in [9.17, 15) is 0 Å². The molecule has 0 aliphatic rings. The molecule has 1 aromatic carbocycles. The fraction of sp³-hybridized carbons (Fsp3) is 0.353. The zero-order valence-electron chi connectivity index (χ0n) is 13.5. The number of nitrogens with one attached hydrogen (secondary N) is 1. The number of hydrogen-bond donors (Lipinski definition) is 1. The number of benzene rings is 1. The zero-order valence-corrected chi connectivity index (χ0v) is 15.1. The van der Waals surface area contributed by atoms with Crippen LogP contribution in [0.15, 0.2) is 41.0 Å². The molecule has 120 valence electrons. The van der Waals surface area contributed by atoms with Crippen molar-refractivity contribution in [3.8, 4) is 6.07 Å². The number of hydrazine groups is 1. The van der Waals surface area contributed by atoms with Gasteiger partial charge in [0, 0.05) is 19.3 Å². The molecule has 1 heterocycles. The molecule has 1 aromatic heterocycles. The summed E-state index contributed by atoms with van der Waals surface area (Å²) in [6.45, 7) is 7.88. The van der Waals surface area contributed by atoms with Crippen molar-refractivity contribution in [1.29, 1.82) is 5.26 Å². The molecule has 0 amide bonds. The monoisotopic (exact) mass is 373 g/mol. The van der Waals surface area contributed by atoms with Gasteiger partial charge in [-0.1, -0.05) is 51.1 Å². The predicted octanol–water partition coefficient (Wildman–Crippen LogP) is 3.67. The van der Waals surface area contributed by atoms with E-state index in [1.807, 2.05) is 29.3 Å². The average molecular weight is 374 g/mol. The Bertz CT molecular complexity index is 688. The van der Waals surface area contributed by atoms with Gasteiger partial charge < -0.3 is 0 Å². The Kier molecular flexibility index (Phi) is 5.69. The molecule has 0 atom stereocenters. The normalized spacial score (nSPS) is 11.1. The van der Waals surface area contributed by atoms with E-state index >= 15 is 0 Å². The number of halogens is 1. The summed E-state index contributed by atoms with van der Waals surface area (Å²) in [5.41, 5.74) is 4.64. The molecule has 0 unspecified atom stereocenters. The highest BCUT2D eigenvalue weighted by Gasteiger charge is 2.20. The van der Waals surface area contributed by atoms with Crippen LogP contribution in [0.1, 0.15) is 32.2 Å². The first-order valence-corrected chi connectivity index (χ1v) is 8.16. The highest BCUT2D eigenvalue weighted by molar-refractivity contribution is 9.10. The quantitative estimate of drug-likeness (QED) is 0.809. The number of anilines is 1. The van der Waals surface area contributed by atoms with Crippen LogP contribution in [0.5, 0.6) is 0 Å². The second-order valence-corrected chi connectivity index (χ2v) is 7.30. The van der Waals surface area contributed by atoms with Crippen LogP contribution in [0, 0.1) is 16.7 Å². The Balaban J connectivity index is 2.25. The van der Waals surface area contributed by atoms with E-state index in [0.717, 1.165) is 11.0 Å². The van der Waals surface area contributed by atoms with Crippen LogP contribution in [-0.2, 0) is 6.54 Å². The third-order valence-corrected chi connectivity index (χ3v) is 3.59. The molecule has 5 nitrogen and oxygen atoms in total. The van der Waals surface area contributed by atoms with Gasteiger partial charge in [0.25, 0.3) is 0 Å². The summed E-state index contributed by atoms with van der Waals surface area (Å²) >= 11 is 3.48. The van der Waals surface area contributed by atoms with Crippen molar-refractivity contribution in [1.82, 2.24) is 15.4 Å². The van der Waals surface area contributed by atoms with E-state index in [1.54, 1.807) is 6.20 Å². The van der Waals surface area contributed by atoms with Crippen molar-refractivity contribution < 1.29 is 0 Å². The largest absolute Gasteiger partial charge is 0.290 e. The van der Waals surface area contributed by atoms with Crippen molar-refractivity contribution in [2.75, 3.05) is 11.6 Å². The fourth-order valence-corrected chi connectivity index (χ4v) is 2.47. The molecule has 0 bridgehead atoms. The summed E-state index contributed by atoms with van der Waals surface area (Å²) < 4.78 is 0.751. The molecule has 0 saturated heterocycles. The molecule has 1 N–H and O–H groups in total. The van der Waals surface area contributed by atoms with Crippen LogP contribution in [0.3, 0.4) is 0 Å². The molecule has 2 aromatic rings. The first-order chi connectivity index (χ1) is 10.9. The smallest absolute Gasteiger partial charge is 0.234 e. The molecule has 0 aliphatic heterocycles. The summed E-state index contributed by atoms with van der Waals surface area (Å²) in [5, 5.41) is 11.0. The molecule has 6 heteroatoms. The Labute approximate surface area is 145 Å². The zero-order chi connectivity index (χ0) is 16.9. The summed E-state index contributed by atoms with van der Waals surface area (Å²) in [6.07, 6.45) is 1.61. The summed E-state index contributed by atoms with van der Waals surface area (Å²) in [4.78, 5) is 8.31. The van der Waals surface area contributed by atoms with Gasteiger partial charge in [-0.15, -0.1) is 0 Å². The number of rotatable bonds is 5. The maximum Gasteiger partial charge on any atom is 0.234 e. The molecular formula is C17H20BrN5. The molecule has 0 aliphatic carbocycles. The van der Waals surface area contributed by atoms with Gasteiger partial charge in [-0.25, -0.2) is 10.4 Å². The minimum absolute atomic E-state index is 0.0564. The SMILES string of the molecule is CC(C)(C)CN(NCc1ccccc1)c1nc(C#N)ncc1Br. The van der Waals surface area contributed by atoms with Crippen molar-refractivity contribution >= 4 is 21.7 Å². The van der Waals surface area contributed by atoms with Crippen LogP contribution in [0.25, 0.3) is 0 Å². The van der Waals surface area contributed by atoms with E-state index < -0.39 is 0 Å². The third-order valence-electron chi connectivity index (χ3n) is 3.03. The van der Waals surface area contributed by atoms with Crippen LogP contribution in [0.4, 0.5) is 5.82 Å². The van der Waals surface area contributed by atoms with Crippen LogP contribution >= 0.6 is 15.9 Å². The molecule has 23 heavy (non-hydrogen) atoms. The topological polar surface area (TPSA) is 64.8 Å². The highest BCUT2D eigenvalue weighted by Crippen LogP contribution is 2.25. The van der Waals surface area contributed by atoms with Crippen molar-refractivity contribution in [2.45, 2.75) is 27.3 Å². The van der Waals surface area contributed by atoms with Crippen LogP contribution in [0.2, 0.25) is 0 Å². The van der Waals surface area contributed by atoms with Gasteiger partial charge in [-0.05, 0) is 26.9 Å². The van der Waals surface area contributed by atoms with Gasteiger partial charge in [0.05, 0.1) is 4.47 Å². The maximum atomic E-state index is 9.05. The van der Waals surface area contributed by atoms with E-state index in [4.69, 9.17) is 5.26 Å². The van der Waals surface area contributed by atoms with Crippen molar-refractivity contribution in [3.05, 3.63) is 52.4 Å². The first-order valence-electron chi connectivity index (χ1n) is 7.37. The van der Waals surface area contributed by atoms with E-state index in [2.05, 4.69) is 64.2 Å². The lowest BCUT2D eigenvalue weighted by molar-refractivity contribution is 0.386. The summed E-state index contributed by atoms with van der Waals surface area (Å²) in [6, 6.07) is 12.1. The van der Waals surface area contributed by atoms with Crippen LogP contribution in [-0.4, -0.2) is 16.5 Å². The Morgan fingerprint density at radius 3 is 2.57 bits per heavy atom. The molecule has 0 saturated carbocycles. The lowest BCUT2D eigenvalue weighted by Gasteiger charge is -2.31. The minimum Gasteiger partial charge on any atom is -0.290 e. The van der Waals surface area contributed by atoms with Crippen molar-refractivity contribution in [3.63, 3.8) is 0 Å². The van der Waals surface area contributed by atoms with Gasteiger partial charge in [0.15, 0.2) is 5.82 Å². The third kappa shape index (κ3) is 5.31. The van der Waals surface area contributed by atoms with Crippen LogP contribution < -0.4 is 10.4 Å². The molecule has 0 spiro atoms. The van der Waals surface area contributed by atoms with Gasteiger partial charge in [-0.3, -0.25) is 5.01 Å². The second-order valence-electron chi connectivity index (χ2n) is 6.44. The summed E-state index contributed by atoms with van der Waals surface area (Å²) in [5.74, 6) is 0.825. The number of aromatic nitrogens is 2. The Morgan fingerprint density at radius 1 is 1.26 bits per heavy atom. The molecule has 0 radical (unpaired) electrons. The molecule has 0 fully saturated rings. The van der Waals surface area contributed by atoms with Gasteiger partial charge >= 0.3 is 0 Å². The minimum atomic E-state index is 0.0564. The van der Waals surface area contributed by atoms with E-state index in [1.165, 1.54) is 5.56 Å². The lowest BCUT2D eigenvalue weighted by Crippen LogP contribution is -2.43. The number of hydrogen-bond acceptors (Lipinski definition) is 5. The number of nitrogens with zero attached hydrogens (tertiary/aromatic N) is 4. The predicted molar refractivity (Wildman–Crippen MR) is 94.5 cm³/mol. The van der Waals surface area contributed by atoms with Gasteiger partial charge in [-0.2, -0.15) is 10.2 Å². The Morgan fingerprint density at radius 2 is 1.96 bits per heavy atom. The molecule has 2 rings (SSSR count). The standard InChI is InChI=1S/C17H20BrN5/c1-17(2,3)12-23(21-10-13-7-5-4-6-8-13)16-14(18)11-20-15(9-19)22-16/h4-8,11,21H,10,12H2,1-3H3. The van der Waals surface area contributed by atoms with Crippen molar-refractivity contribution in [2.24, 2.45) is 5.41 Å². The first kappa shape index (κ1) is 17.4. The Hall–Kier alpha value is -1.97. The van der Waals surface area contributed by atoms with Gasteiger partial charge in [0.1, 0.15) is 6.07 Å². The number of nitriles is 1. The van der Waals surface area contributed by atoms with Gasteiger partial charge in [0.2, 0.25) is 5.82 Å². The lowest BCUT2D eigenvalue weighted by atomic mass is 9.97. The highest BCUT2D eigenvalue weighted by atomic mass is 79.9.